The van der Waals surface area contributed by atoms with Gasteiger partial charge in [-0.25, -0.2) is 9.97 Å². The first-order valence-electron chi connectivity index (χ1n) is 6.23. The van der Waals surface area contributed by atoms with Gasteiger partial charge in [-0.05, 0) is 20.8 Å². The van der Waals surface area contributed by atoms with E-state index in [-0.39, 0.29) is 5.54 Å². The molecule has 0 saturated carbocycles. The maximum absolute atomic E-state index is 4.59. The lowest BCUT2D eigenvalue weighted by molar-refractivity contribution is 0.352. The first-order chi connectivity index (χ1) is 8.55. The van der Waals surface area contributed by atoms with Gasteiger partial charge in [0.2, 0.25) is 0 Å². The van der Waals surface area contributed by atoms with Crippen LogP contribution in [0.5, 0.6) is 0 Å². The second kappa shape index (κ2) is 3.91. The van der Waals surface area contributed by atoms with Crippen LogP contribution in [0.3, 0.4) is 0 Å². The van der Waals surface area contributed by atoms with Crippen molar-refractivity contribution in [2.75, 3.05) is 24.5 Å². The number of hydrogen-bond acceptors (Lipinski definition) is 5. The standard InChI is InChI=1S/C12H18N6/c1-8-15-10-9(6-14-17-10)11(16-8)18-5-4-13-12(2,3)7-18/h6,13H,4-5,7H2,1-3H3,(H,14,15,16,17). The minimum atomic E-state index is 0.104. The highest BCUT2D eigenvalue weighted by molar-refractivity contribution is 5.86. The Balaban J connectivity index is 2.05. The largest absolute Gasteiger partial charge is 0.353 e. The summed E-state index contributed by atoms with van der Waals surface area (Å²) in [6.45, 7) is 9.19. The molecule has 2 aromatic heterocycles. The Morgan fingerprint density at radius 1 is 1.33 bits per heavy atom. The molecule has 2 aromatic rings. The Labute approximate surface area is 106 Å². The molecule has 0 atom stereocenters. The van der Waals surface area contributed by atoms with E-state index in [1.807, 2.05) is 6.92 Å². The molecule has 0 radical (unpaired) electrons. The maximum atomic E-state index is 4.59. The molecular weight excluding hydrogens is 228 g/mol. The Hall–Kier alpha value is -1.69. The zero-order valence-electron chi connectivity index (χ0n) is 11.0. The Kier molecular flexibility index (Phi) is 2.48. The summed E-state index contributed by atoms with van der Waals surface area (Å²) in [5.74, 6) is 1.76. The molecule has 1 aliphatic rings. The van der Waals surface area contributed by atoms with E-state index in [0.717, 1.165) is 42.3 Å². The van der Waals surface area contributed by atoms with Gasteiger partial charge < -0.3 is 10.2 Å². The normalized spacial score (nSPS) is 19.4. The van der Waals surface area contributed by atoms with E-state index in [0.29, 0.717) is 0 Å². The summed E-state index contributed by atoms with van der Waals surface area (Å²) in [5.41, 5.74) is 0.918. The quantitative estimate of drug-likeness (QED) is 0.780. The van der Waals surface area contributed by atoms with Crippen LogP contribution in [0.1, 0.15) is 19.7 Å². The third-order valence-corrected chi connectivity index (χ3v) is 3.27. The van der Waals surface area contributed by atoms with Crippen molar-refractivity contribution < 1.29 is 0 Å². The molecule has 1 saturated heterocycles. The lowest BCUT2D eigenvalue weighted by Gasteiger charge is -2.39. The van der Waals surface area contributed by atoms with Crippen molar-refractivity contribution in [3.63, 3.8) is 0 Å². The van der Waals surface area contributed by atoms with Gasteiger partial charge in [0.1, 0.15) is 11.6 Å². The van der Waals surface area contributed by atoms with Gasteiger partial charge in [0.25, 0.3) is 0 Å². The number of aromatic nitrogens is 4. The number of anilines is 1. The van der Waals surface area contributed by atoms with Crippen LogP contribution in [0.4, 0.5) is 5.82 Å². The van der Waals surface area contributed by atoms with Crippen molar-refractivity contribution in [2.45, 2.75) is 26.3 Å². The summed E-state index contributed by atoms with van der Waals surface area (Å²) in [4.78, 5) is 11.3. The van der Waals surface area contributed by atoms with Gasteiger partial charge in [-0.1, -0.05) is 0 Å². The number of hydrogen-bond donors (Lipinski definition) is 2. The molecule has 3 heterocycles. The van der Waals surface area contributed by atoms with Gasteiger partial charge >= 0.3 is 0 Å². The molecule has 3 rings (SSSR count). The SMILES string of the molecule is Cc1nc(N2CCNC(C)(C)C2)c2cn[nH]c2n1. The molecule has 0 unspecified atom stereocenters. The van der Waals surface area contributed by atoms with Gasteiger partial charge in [0.15, 0.2) is 5.65 Å². The van der Waals surface area contributed by atoms with Gasteiger partial charge in [0, 0.05) is 25.2 Å². The van der Waals surface area contributed by atoms with Crippen LogP contribution in [-0.4, -0.2) is 45.3 Å². The van der Waals surface area contributed by atoms with Crippen LogP contribution in [-0.2, 0) is 0 Å². The lowest BCUT2D eigenvalue weighted by atomic mass is 10.0. The summed E-state index contributed by atoms with van der Waals surface area (Å²) in [7, 11) is 0. The Morgan fingerprint density at radius 3 is 2.94 bits per heavy atom. The average molecular weight is 246 g/mol. The van der Waals surface area contributed by atoms with Crippen molar-refractivity contribution in [3.8, 4) is 0 Å². The van der Waals surface area contributed by atoms with E-state index in [9.17, 15) is 0 Å². The van der Waals surface area contributed by atoms with E-state index in [2.05, 4.69) is 44.2 Å². The lowest BCUT2D eigenvalue weighted by Crippen LogP contribution is -2.57. The summed E-state index contributed by atoms with van der Waals surface area (Å²) in [6, 6.07) is 0. The maximum Gasteiger partial charge on any atom is 0.161 e. The highest BCUT2D eigenvalue weighted by atomic mass is 15.3. The number of H-pyrrole nitrogens is 1. The first kappa shape index (κ1) is 11.4. The smallest absolute Gasteiger partial charge is 0.161 e. The molecule has 6 heteroatoms. The number of fused-ring (bicyclic) bond motifs is 1. The summed E-state index contributed by atoms with van der Waals surface area (Å²) in [6.07, 6.45) is 1.80. The van der Waals surface area contributed by atoms with Gasteiger partial charge in [-0.3, -0.25) is 5.10 Å². The van der Waals surface area contributed by atoms with Gasteiger partial charge in [0.05, 0.1) is 11.6 Å². The van der Waals surface area contributed by atoms with E-state index < -0.39 is 0 Å². The fourth-order valence-corrected chi connectivity index (χ4v) is 2.49. The predicted molar refractivity (Wildman–Crippen MR) is 70.7 cm³/mol. The summed E-state index contributed by atoms with van der Waals surface area (Å²) < 4.78 is 0. The van der Waals surface area contributed by atoms with Crippen molar-refractivity contribution in [1.29, 1.82) is 0 Å². The number of nitrogens with one attached hydrogen (secondary N) is 2. The van der Waals surface area contributed by atoms with Gasteiger partial charge in [-0.15, -0.1) is 0 Å². The molecule has 0 spiro atoms. The number of aromatic amines is 1. The van der Waals surface area contributed by atoms with E-state index in [4.69, 9.17) is 0 Å². The summed E-state index contributed by atoms with van der Waals surface area (Å²) in [5, 5.41) is 11.5. The number of rotatable bonds is 1. The molecule has 0 aliphatic carbocycles. The first-order valence-corrected chi connectivity index (χ1v) is 6.23. The van der Waals surface area contributed by atoms with E-state index >= 15 is 0 Å². The van der Waals surface area contributed by atoms with E-state index in [1.165, 1.54) is 0 Å². The third kappa shape index (κ3) is 1.92. The Bertz CT molecular complexity index is 573. The number of piperazine rings is 1. The zero-order valence-corrected chi connectivity index (χ0v) is 11.0. The third-order valence-electron chi connectivity index (χ3n) is 3.27. The zero-order chi connectivity index (χ0) is 12.8. The van der Waals surface area contributed by atoms with Crippen molar-refractivity contribution in [1.82, 2.24) is 25.5 Å². The molecular formula is C12H18N6. The molecule has 96 valence electrons. The van der Waals surface area contributed by atoms with Gasteiger partial charge in [-0.2, -0.15) is 5.10 Å². The summed E-state index contributed by atoms with van der Waals surface area (Å²) >= 11 is 0. The highest BCUT2D eigenvalue weighted by Crippen LogP contribution is 2.24. The molecule has 0 amide bonds. The minimum absolute atomic E-state index is 0.104. The van der Waals surface area contributed by atoms with Crippen molar-refractivity contribution in [2.24, 2.45) is 0 Å². The molecule has 18 heavy (non-hydrogen) atoms. The second-order valence-electron chi connectivity index (χ2n) is 5.46. The molecule has 0 bridgehead atoms. The fraction of sp³-hybridized carbons (Fsp3) is 0.583. The van der Waals surface area contributed by atoms with Crippen LogP contribution in [0.2, 0.25) is 0 Å². The van der Waals surface area contributed by atoms with Crippen molar-refractivity contribution in [3.05, 3.63) is 12.0 Å². The average Bonchev–Trinajstić information content (AvgIpc) is 2.74. The number of nitrogens with zero attached hydrogens (tertiary/aromatic N) is 4. The van der Waals surface area contributed by atoms with Crippen molar-refractivity contribution >= 4 is 16.9 Å². The highest BCUT2D eigenvalue weighted by Gasteiger charge is 2.27. The predicted octanol–water partition coefficient (Wildman–Crippen LogP) is 0.850. The molecule has 1 aliphatic heterocycles. The monoisotopic (exact) mass is 246 g/mol. The van der Waals surface area contributed by atoms with Crippen LogP contribution >= 0.6 is 0 Å². The molecule has 6 nitrogen and oxygen atoms in total. The Morgan fingerprint density at radius 2 is 2.17 bits per heavy atom. The van der Waals surface area contributed by atoms with Crippen LogP contribution < -0.4 is 10.2 Å². The van der Waals surface area contributed by atoms with E-state index in [1.54, 1.807) is 6.20 Å². The van der Waals surface area contributed by atoms with Crippen LogP contribution in [0, 0.1) is 6.92 Å². The fourth-order valence-electron chi connectivity index (χ4n) is 2.49. The van der Waals surface area contributed by atoms with Crippen LogP contribution in [0.15, 0.2) is 6.20 Å². The molecule has 0 aromatic carbocycles. The minimum Gasteiger partial charge on any atom is -0.353 e. The van der Waals surface area contributed by atoms with Crippen LogP contribution in [0.25, 0.3) is 11.0 Å². The number of aryl methyl sites for hydroxylation is 1. The topological polar surface area (TPSA) is 69.7 Å². The molecule has 2 N–H and O–H groups in total. The second-order valence-corrected chi connectivity index (χ2v) is 5.46. The molecule has 1 fully saturated rings.